The smallest absolute Gasteiger partial charge is 0.151 e. The topological polar surface area (TPSA) is 43.1 Å². The molecule has 6 heteroatoms. The molecular formula is C11H10BrFN4. The third kappa shape index (κ3) is 2.58. The summed E-state index contributed by atoms with van der Waals surface area (Å²) < 4.78 is 15.8. The van der Waals surface area contributed by atoms with Gasteiger partial charge in [0, 0.05) is 10.0 Å². The number of hydrogen-bond acceptors (Lipinski definition) is 3. The summed E-state index contributed by atoms with van der Waals surface area (Å²) >= 11 is 3.28. The zero-order valence-electron chi connectivity index (χ0n) is 9.35. The number of benzene rings is 1. The van der Waals surface area contributed by atoms with Gasteiger partial charge in [-0.1, -0.05) is 15.9 Å². The normalized spacial score (nSPS) is 11.3. The third-order valence-corrected chi connectivity index (χ3v) is 2.72. The number of aromatic nitrogens is 3. The minimum absolute atomic E-state index is 0.319. The van der Waals surface area contributed by atoms with Crippen LogP contribution in [0.4, 0.5) is 4.39 Å². The van der Waals surface area contributed by atoms with Gasteiger partial charge in [-0.3, -0.25) is 0 Å². The van der Waals surface area contributed by atoms with E-state index < -0.39 is 0 Å². The van der Waals surface area contributed by atoms with Crippen LogP contribution in [-0.4, -0.2) is 21.1 Å². The lowest BCUT2D eigenvalue weighted by Crippen LogP contribution is -1.97. The molecule has 1 aromatic heterocycles. The van der Waals surface area contributed by atoms with Crippen molar-refractivity contribution in [3.8, 4) is 0 Å². The average Bonchev–Trinajstić information content (AvgIpc) is 2.61. The number of rotatable bonds is 2. The lowest BCUT2D eigenvalue weighted by molar-refractivity contribution is 0.625. The SMILES string of the molecule is Cc1nnc(C)n1N=Cc1cc(Br)ccc1F. The quantitative estimate of drug-likeness (QED) is 0.800. The fraction of sp³-hybridized carbons (Fsp3) is 0.182. The summed E-state index contributed by atoms with van der Waals surface area (Å²) in [4.78, 5) is 0. The van der Waals surface area contributed by atoms with Crippen LogP contribution in [0.5, 0.6) is 0 Å². The molecule has 2 rings (SSSR count). The molecule has 0 unspecified atom stereocenters. The molecule has 0 aliphatic heterocycles. The predicted molar refractivity (Wildman–Crippen MR) is 66.6 cm³/mol. The summed E-state index contributed by atoms with van der Waals surface area (Å²) in [6.45, 7) is 3.57. The Balaban J connectivity index is 2.35. The van der Waals surface area contributed by atoms with Crippen LogP contribution in [0, 0.1) is 19.7 Å². The first-order chi connectivity index (χ1) is 8.08. The Labute approximate surface area is 106 Å². The first-order valence-electron chi connectivity index (χ1n) is 4.96. The van der Waals surface area contributed by atoms with Crippen LogP contribution in [-0.2, 0) is 0 Å². The van der Waals surface area contributed by atoms with Gasteiger partial charge >= 0.3 is 0 Å². The molecule has 0 aliphatic carbocycles. The molecule has 0 saturated carbocycles. The van der Waals surface area contributed by atoms with Crippen molar-refractivity contribution in [3.63, 3.8) is 0 Å². The Morgan fingerprint density at radius 3 is 2.59 bits per heavy atom. The standard InChI is InChI=1S/C11H10BrFN4/c1-7-15-16-8(2)17(7)14-6-9-5-10(12)3-4-11(9)13/h3-6H,1-2H3. The van der Waals surface area contributed by atoms with Gasteiger partial charge in [0.15, 0.2) is 11.6 Å². The van der Waals surface area contributed by atoms with E-state index in [9.17, 15) is 4.39 Å². The van der Waals surface area contributed by atoms with Crippen molar-refractivity contribution >= 4 is 22.1 Å². The van der Waals surface area contributed by atoms with E-state index in [1.807, 2.05) is 0 Å². The van der Waals surface area contributed by atoms with Crippen molar-refractivity contribution in [2.45, 2.75) is 13.8 Å². The van der Waals surface area contributed by atoms with Crippen molar-refractivity contribution in [1.29, 1.82) is 0 Å². The molecular weight excluding hydrogens is 287 g/mol. The van der Waals surface area contributed by atoms with Gasteiger partial charge in [0.1, 0.15) is 5.82 Å². The molecule has 0 atom stereocenters. The van der Waals surface area contributed by atoms with Gasteiger partial charge in [-0.15, -0.1) is 10.2 Å². The van der Waals surface area contributed by atoms with Crippen molar-refractivity contribution < 1.29 is 4.39 Å². The van der Waals surface area contributed by atoms with Gasteiger partial charge in [-0.2, -0.15) is 5.10 Å². The Morgan fingerprint density at radius 2 is 1.94 bits per heavy atom. The van der Waals surface area contributed by atoms with E-state index in [1.54, 1.807) is 30.7 Å². The molecule has 88 valence electrons. The molecule has 0 saturated heterocycles. The van der Waals surface area contributed by atoms with E-state index in [0.717, 1.165) is 4.47 Å². The van der Waals surface area contributed by atoms with Crippen LogP contribution in [0.15, 0.2) is 27.8 Å². The molecule has 17 heavy (non-hydrogen) atoms. The number of aryl methyl sites for hydroxylation is 2. The van der Waals surface area contributed by atoms with Crippen molar-refractivity contribution in [2.75, 3.05) is 0 Å². The molecule has 1 heterocycles. The summed E-state index contributed by atoms with van der Waals surface area (Å²) in [6, 6.07) is 4.69. The predicted octanol–water partition coefficient (Wildman–Crippen LogP) is 2.68. The highest BCUT2D eigenvalue weighted by Gasteiger charge is 2.03. The van der Waals surface area contributed by atoms with Crippen LogP contribution in [0.2, 0.25) is 0 Å². The number of hydrogen-bond donors (Lipinski definition) is 0. The fourth-order valence-corrected chi connectivity index (χ4v) is 1.74. The van der Waals surface area contributed by atoms with E-state index in [0.29, 0.717) is 17.2 Å². The van der Waals surface area contributed by atoms with Gasteiger partial charge in [-0.05, 0) is 32.0 Å². The zero-order valence-corrected chi connectivity index (χ0v) is 10.9. The summed E-state index contributed by atoms with van der Waals surface area (Å²) in [6.07, 6.45) is 1.45. The summed E-state index contributed by atoms with van der Waals surface area (Å²) in [5.41, 5.74) is 0.409. The molecule has 0 spiro atoms. The monoisotopic (exact) mass is 296 g/mol. The maximum Gasteiger partial charge on any atom is 0.151 e. The largest absolute Gasteiger partial charge is 0.206 e. The minimum atomic E-state index is -0.319. The molecule has 0 N–H and O–H groups in total. The van der Waals surface area contributed by atoms with Gasteiger partial charge in [0.2, 0.25) is 0 Å². The highest BCUT2D eigenvalue weighted by atomic mass is 79.9. The maximum atomic E-state index is 13.4. The Morgan fingerprint density at radius 1 is 1.29 bits per heavy atom. The molecule has 0 bridgehead atoms. The first-order valence-corrected chi connectivity index (χ1v) is 5.75. The van der Waals surface area contributed by atoms with Crippen molar-refractivity contribution in [3.05, 3.63) is 45.7 Å². The van der Waals surface area contributed by atoms with E-state index in [4.69, 9.17) is 0 Å². The molecule has 0 radical (unpaired) electrons. The van der Waals surface area contributed by atoms with Crippen molar-refractivity contribution in [2.24, 2.45) is 5.10 Å². The zero-order chi connectivity index (χ0) is 12.4. The molecule has 0 fully saturated rings. The van der Waals surface area contributed by atoms with Crippen LogP contribution in [0.3, 0.4) is 0 Å². The van der Waals surface area contributed by atoms with Crippen LogP contribution in [0.1, 0.15) is 17.2 Å². The average molecular weight is 297 g/mol. The van der Waals surface area contributed by atoms with Crippen LogP contribution >= 0.6 is 15.9 Å². The lowest BCUT2D eigenvalue weighted by atomic mass is 10.2. The van der Waals surface area contributed by atoms with E-state index in [-0.39, 0.29) is 5.82 Å². The maximum absolute atomic E-state index is 13.4. The van der Waals surface area contributed by atoms with E-state index >= 15 is 0 Å². The highest BCUT2D eigenvalue weighted by Crippen LogP contribution is 2.14. The molecule has 2 aromatic rings. The Hall–Kier alpha value is -1.56. The molecule has 4 nitrogen and oxygen atoms in total. The second-order valence-corrected chi connectivity index (χ2v) is 4.43. The highest BCUT2D eigenvalue weighted by molar-refractivity contribution is 9.10. The number of nitrogens with zero attached hydrogens (tertiary/aromatic N) is 4. The Bertz CT molecular complexity index is 557. The van der Waals surface area contributed by atoms with Gasteiger partial charge in [0.05, 0.1) is 6.21 Å². The number of halogens is 2. The van der Waals surface area contributed by atoms with Gasteiger partial charge in [0.25, 0.3) is 0 Å². The summed E-state index contributed by atoms with van der Waals surface area (Å²) in [5, 5.41) is 11.9. The first kappa shape index (κ1) is 11.9. The van der Waals surface area contributed by atoms with E-state index in [2.05, 4.69) is 31.2 Å². The second-order valence-electron chi connectivity index (χ2n) is 3.52. The second kappa shape index (κ2) is 4.75. The molecule has 0 amide bonds. The van der Waals surface area contributed by atoms with Crippen molar-refractivity contribution in [1.82, 2.24) is 14.9 Å². The van der Waals surface area contributed by atoms with Gasteiger partial charge < -0.3 is 0 Å². The van der Waals surface area contributed by atoms with Gasteiger partial charge in [-0.25, -0.2) is 9.07 Å². The Kier molecular flexibility index (Phi) is 3.33. The summed E-state index contributed by atoms with van der Waals surface area (Å²) in [7, 11) is 0. The van der Waals surface area contributed by atoms with E-state index in [1.165, 1.54) is 12.3 Å². The minimum Gasteiger partial charge on any atom is -0.206 e. The fourth-order valence-electron chi connectivity index (χ4n) is 1.36. The molecule has 0 aliphatic rings. The van der Waals surface area contributed by atoms with Crippen LogP contribution < -0.4 is 0 Å². The third-order valence-electron chi connectivity index (χ3n) is 2.22. The summed E-state index contributed by atoms with van der Waals surface area (Å²) in [5.74, 6) is 1.00. The van der Waals surface area contributed by atoms with Crippen LogP contribution in [0.25, 0.3) is 0 Å². The lowest BCUT2D eigenvalue weighted by Gasteiger charge is -1.99. The molecule has 1 aromatic carbocycles.